The minimum Gasteiger partial charge on any atom is -0.305 e. The Morgan fingerprint density at radius 1 is 1.00 bits per heavy atom. The first-order chi connectivity index (χ1) is 5.93. The van der Waals surface area contributed by atoms with Gasteiger partial charge < -0.3 is 4.90 Å². The molecule has 13 heavy (non-hydrogen) atoms. The number of hydrogen-bond donors (Lipinski definition) is 0. The largest absolute Gasteiger partial charge is 0.305 e. The van der Waals surface area contributed by atoms with Crippen LogP contribution in [0.2, 0.25) is 0 Å². The van der Waals surface area contributed by atoms with Crippen LogP contribution >= 0.6 is 0 Å². The summed E-state index contributed by atoms with van der Waals surface area (Å²) in [6.45, 7) is 12.1. The van der Waals surface area contributed by atoms with Crippen molar-refractivity contribution in [1.82, 2.24) is 4.90 Å². The summed E-state index contributed by atoms with van der Waals surface area (Å²) in [6.07, 6.45) is 4.03. The molecule has 1 saturated heterocycles. The SMILES string of the molecule is CCC1(C)CN(C)CC(C)(CC)C1. The van der Waals surface area contributed by atoms with Gasteiger partial charge in [0.1, 0.15) is 0 Å². The molecule has 0 spiro atoms. The molecule has 0 aliphatic carbocycles. The van der Waals surface area contributed by atoms with Crippen LogP contribution in [0.1, 0.15) is 47.0 Å². The van der Waals surface area contributed by atoms with Crippen LogP contribution in [0.25, 0.3) is 0 Å². The van der Waals surface area contributed by atoms with Gasteiger partial charge in [0.2, 0.25) is 0 Å². The molecular weight excluding hydrogens is 158 g/mol. The van der Waals surface area contributed by atoms with Gasteiger partial charge >= 0.3 is 0 Å². The molecule has 0 aromatic heterocycles. The van der Waals surface area contributed by atoms with E-state index < -0.39 is 0 Å². The lowest BCUT2D eigenvalue weighted by Gasteiger charge is -2.48. The number of piperidine rings is 1. The highest BCUT2D eigenvalue weighted by atomic mass is 15.1. The Bertz CT molecular complexity index is 160. The zero-order valence-electron chi connectivity index (χ0n) is 9.98. The van der Waals surface area contributed by atoms with Crippen molar-refractivity contribution in [3.8, 4) is 0 Å². The summed E-state index contributed by atoms with van der Waals surface area (Å²) in [7, 11) is 2.26. The predicted molar refractivity (Wildman–Crippen MR) is 58.9 cm³/mol. The maximum atomic E-state index is 2.51. The fraction of sp³-hybridized carbons (Fsp3) is 1.00. The minimum atomic E-state index is 0.553. The summed E-state index contributed by atoms with van der Waals surface area (Å²) in [4.78, 5) is 2.51. The summed E-state index contributed by atoms with van der Waals surface area (Å²) < 4.78 is 0. The number of rotatable bonds is 2. The normalized spacial score (nSPS) is 42.2. The predicted octanol–water partition coefficient (Wildman–Crippen LogP) is 3.15. The first kappa shape index (κ1) is 11.0. The van der Waals surface area contributed by atoms with Gasteiger partial charge in [-0.15, -0.1) is 0 Å². The molecule has 1 aliphatic rings. The van der Waals surface area contributed by atoms with E-state index in [1.165, 1.54) is 32.4 Å². The highest BCUT2D eigenvalue weighted by Crippen LogP contribution is 2.43. The van der Waals surface area contributed by atoms with Gasteiger partial charge in [-0.05, 0) is 37.1 Å². The minimum absolute atomic E-state index is 0.553. The first-order valence-electron chi connectivity index (χ1n) is 5.62. The molecule has 78 valence electrons. The van der Waals surface area contributed by atoms with Crippen molar-refractivity contribution in [3.63, 3.8) is 0 Å². The Morgan fingerprint density at radius 3 is 1.69 bits per heavy atom. The van der Waals surface area contributed by atoms with E-state index in [1.54, 1.807) is 0 Å². The van der Waals surface area contributed by atoms with E-state index in [9.17, 15) is 0 Å². The quantitative estimate of drug-likeness (QED) is 0.635. The van der Waals surface area contributed by atoms with Crippen molar-refractivity contribution < 1.29 is 0 Å². The summed E-state index contributed by atoms with van der Waals surface area (Å²) in [6, 6.07) is 0. The van der Waals surface area contributed by atoms with E-state index in [2.05, 4.69) is 39.6 Å². The maximum Gasteiger partial charge on any atom is 0.00326 e. The smallest absolute Gasteiger partial charge is 0.00326 e. The molecule has 0 N–H and O–H groups in total. The van der Waals surface area contributed by atoms with Gasteiger partial charge in [0.05, 0.1) is 0 Å². The van der Waals surface area contributed by atoms with Crippen molar-refractivity contribution in [1.29, 1.82) is 0 Å². The Hall–Kier alpha value is -0.0400. The third kappa shape index (κ3) is 2.46. The van der Waals surface area contributed by atoms with Crippen molar-refractivity contribution in [2.45, 2.75) is 47.0 Å². The van der Waals surface area contributed by atoms with Gasteiger partial charge in [-0.3, -0.25) is 0 Å². The van der Waals surface area contributed by atoms with Crippen LogP contribution in [-0.2, 0) is 0 Å². The summed E-state index contributed by atoms with van der Waals surface area (Å²) in [5.41, 5.74) is 1.11. The summed E-state index contributed by atoms with van der Waals surface area (Å²) in [5.74, 6) is 0. The summed E-state index contributed by atoms with van der Waals surface area (Å²) >= 11 is 0. The third-order valence-corrected chi connectivity index (χ3v) is 3.86. The van der Waals surface area contributed by atoms with Crippen LogP contribution in [-0.4, -0.2) is 25.0 Å². The lowest BCUT2D eigenvalue weighted by molar-refractivity contribution is 0.0170. The molecule has 1 nitrogen and oxygen atoms in total. The fourth-order valence-electron chi connectivity index (χ4n) is 2.97. The van der Waals surface area contributed by atoms with Gasteiger partial charge in [-0.25, -0.2) is 0 Å². The van der Waals surface area contributed by atoms with E-state index in [0.29, 0.717) is 10.8 Å². The van der Waals surface area contributed by atoms with Crippen LogP contribution in [0.5, 0.6) is 0 Å². The topological polar surface area (TPSA) is 3.24 Å². The van der Waals surface area contributed by atoms with E-state index in [4.69, 9.17) is 0 Å². The molecule has 1 fully saturated rings. The van der Waals surface area contributed by atoms with Gasteiger partial charge in [0.15, 0.2) is 0 Å². The average molecular weight is 183 g/mol. The molecule has 1 rings (SSSR count). The molecule has 2 atom stereocenters. The first-order valence-corrected chi connectivity index (χ1v) is 5.62. The molecule has 1 aliphatic heterocycles. The molecule has 0 aromatic carbocycles. The van der Waals surface area contributed by atoms with Crippen LogP contribution < -0.4 is 0 Å². The lowest BCUT2D eigenvalue weighted by Crippen LogP contribution is -2.48. The summed E-state index contributed by atoms with van der Waals surface area (Å²) in [5, 5.41) is 0. The molecule has 1 heteroatoms. The van der Waals surface area contributed by atoms with Gasteiger partial charge in [-0.2, -0.15) is 0 Å². The molecule has 0 bridgehead atoms. The Morgan fingerprint density at radius 2 is 1.38 bits per heavy atom. The van der Waals surface area contributed by atoms with Crippen LogP contribution in [0.3, 0.4) is 0 Å². The molecule has 2 unspecified atom stereocenters. The molecule has 1 heterocycles. The molecule has 0 aromatic rings. The lowest BCUT2D eigenvalue weighted by atomic mass is 9.67. The standard InChI is InChI=1S/C12H25N/c1-6-11(3)8-12(4,7-2)10-13(5)9-11/h6-10H2,1-5H3. The van der Waals surface area contributed by atoms with Crippen LogP contribution in [0.15, 0.2) is 0 Å². The Kier molecular flexibility index (Phi) is 3.06. The second-order valence-corrected chi connectivity index (χ2v) is 5.68. The maximum absolute atomic E-state index is 2.51. The number of nitrogens with zero attached hydrogens (tertiary/aromatic N) is 1. The van der Waals surface area contributed by atoms with E-state index in [1.807, 2.05) is 0 Å². The van der Waals surface area contributed by atoms with Crippen LogP contribution in [0.4, 0.5) is 0 Å². The zero-order valence-corrected chi connectivity index (χ0v) is 9.98. The third-order valence-electron chi connectivity index (χ3n) is 3.86. The fourth-order valence-corrected chi connectivity index (χ4v) is 2.97. The molecular formula is C12H25N. The second kappa shape index (κ2) is 3.61. The molecule has 0 amide bonds. The van der Waals surface area contributed by atoms with Crippen molar-refractivity contribution in [2.24, 2.45) is 10.8 Å². The Labute approximate surface area is 83.5 Å². The highest BCUT2D eigenvalue weighted by molar-refractivity contribution is 4.91. The zero-order chi connectivity index (χ0) is 10.1. The van der Waals surface area contributed by atoms with Crippen LogP contribution in [0, 0.1) is 10.8 Å². The van der Waals surface area contributed by atoms with E-state index >= 15 is 0 Å². The average Bonchev–Trinajstić information content (AvgIpc) is 2.02. The van der Waals surface area contributed by atoms with E-state index in [-0.39, 0.29) is 0 Å². The second-order valence-electron chi connectivity index (χ2n) is 5.68. The van der Waals surface area contributed by atoms with Crippen molar-refractivity contribution >= 4 is 0 Å². The van der Waals surface area contributed by atoms with Gasteiger partial charge in [0, 0.05) is 13.1 Å². The molecule has 0 saturated carbocycles. The van der Waals surface area contributed by atoms with Crippen molar-refractivity contribution in [2.75, 3.05) is 20.1 Å². The number of likely N-dealkylation sites (tertiary alicyclic amines) is 1. The molecule has 0 radical (unpaired) electrons. The number of hydrogen-bond acceptors (Lipinski definition) is 1. The highest BCUT2D eigenvalue weighted by Gasteiger charge is 2.39. The van der Waals surface area contributed by atoms with Gasteiger partial charge in [-0.1, -0.05) is 27.7 Å². The van der Waals surface area contributed by atoms with Gasteiger partial charge in [0.25, 0.3) is 0 Å². The van der Waals surface area contributed by atoms with Crippen molar-refractivity contribution in [3.05, 3.63) is 0 Å². The van der Waals surface area contributed by atoms with E-state index in [0.717, 1.165) is 0 Å². The Balaban J connectivity index is 2.73. The monoisotopic (exact) mass is 183 g/mol.